The van der Waals surface area contributed by atoms with E-state index in [9.17, 15) is 14.7 Å². The molecule has 1 spiro atoms. The van der Waals surface area contributed by atoms with Crippen LogP contribution >= 0.6 is 0 Å². The Morgan fingerprint density at radius 2 is 1.79 bits per heavy atom. The van der Waals surface area contributed by atoms with Gasteiger partial charge in [0.25, 0.3) is 0 Å². The number of aliphatic hydroxyl groups excluding tert-OH is 1. The summed E-state index contributed by atoms with van der Waals surface area (Å²) in [6, 6.07) is 0. The van der Waals surface area contributed by atoms with Gasteiger partial charge in [-0.1, -0.05) is 13.8 Å². The van der Waals surface area contributed by atoms with Gasteiger partial charge in [-0.2, -0.15) is 0 Å². The van der Waals surface area contributed by atoms with Gasteiger partial charge in [-0.15, -0.1) is 0 Å². The summed E-state index contributed by atoms with van der Waals surface area (Å²) in [5.74, 6) is 0.807. The first-order valence-corrected chi connectivity index (χ1v) is 11.2. The van der Waals surface area contributed by atoms with Crippen molar-refractivity contribution >= 4 is 11.6 Å². The number of fused-ring (bicyclic) bond motifs is 5. The van der Waals surface area contributed by atoms with Crippen molar-refractivity contribution in [3.05, 3.63) is 0 Å². The Balaban J connectivity index is 1.49. The van der Waals surface area contributed by atoms with E-state index in [2.05, 4.69) is 13.8 Å². The molecule has 4 aliphatic carbocycles. The van der Waals surface area contributed by atoms with Crippen LogP contribution in [0.5, 0.6) is 0 Å². The number of ether oxygens (including phenoxy) is 2. The number of hydrogen-bond donors (Lipinski definition) is 1. The largest absolute Gasteiger partial charge is 0.393 e. The second kappa shape index (κ2) is 6.12. The number of Topliss-reactive ketones (excluding diaryl/α,β-unsaturated/α-hetero) is 2. The van der Waals surface area contributed by atoms with Crippen molar-refractivity contribution in [1.29, 1.82) is 0 Å². The molecular weight excluding hydrogens is 356 g/mol. The minimum Gasteiger partial charge on any atom is -0.393 e. The Hall–Kier alpha value is -0.780. The van der Waals surface area contributed by atoms with Crippen LogP contribution in [0.15, 0.2) is 0 Å². The first kappa shape index (κ1) is 19.2. The summed E-state index contributed by atoms with van der Waals surface area (Å²) in [5.41, 5.74) is -0.620. The van der Waals surface area contributed by atoms with Crippen LogP contribution in [-0.2, 0) is 19.1 Å². The third kappa shape index (κ3) is 2.36. The van der Waals surface area contributed by atoms with Crippen LogP contribution in [0.2, 0.25) is 0 Å². The number of aliphatic hydroxyl groups is 1. The molecule has 6 unspecified atom stereocenters. The van der Waals surface area contributed by atoms with Crippen LogP contribution in [0, 0.1) is 40.4 Å². The number of carbonyl (C=O) groups is 2. The first-order valence-electron chi connectivity index (χ1n) is 11.2. The van der Waals surface area contributed by atoms with Crippen LogP contribution in [0.3, 0.4) is 0 Å². The zero-order valence-electron chi connectivity index (χ0n) is 17.4. The molecule has 5 heteroatoms. The van der Waals surface area contributed by atoms with Gasteiger partial charge in [0.05, 0.1) is 25.7 Å². The van der Waals surface area contributed by atoms with Crippen molar-refractivity contribution in [2.24, 2.45) is 40.4 Å². The molecule has 28 heavy (non-hydrogen) atoms. The SMILES string of the molecule is CC(=O)C1CCC2C3CC[C@@H]4CC5(CC(=O)C4(C)C3[C@H](O)CC12C)OCCO5. The second-order valence-electron chi connectivity index (χ2n) is 10.8. The highest BCUT2D eigenvalue weighted by atomic mass is 16.7. The lowest BCUT2D eigenvalue weighted by Gasteiger charge is -2.62. The van der Waals surface area contributed by atoms with Crippen LogP contribution in [0.4, 0.5) is 0 Å². The quantitative estimate of drug-likeness (QED) is 0.745. The van der Waals surface area contributed by atoms with Gasteiger partial charge in [0.1, 0.15) is 11.6 Å². The van der Waals surface area contributed by atoms with Gasteiger partial charge in [-0.05, 0) is 62.2 Å². The third-order valence-electron chi connectivity index (χ3n) is 9.73. The van der Waals surface area contributed by atoms with Crippen molar-refractivity contribution in [1.82, 2.24) is 0 Å². The van der Waals surface area contributed by atoms with Crippen LogP contribution in [0.25, 0.3) is 0 Å². The maximum Gasteiger partial charge on any atom is 0.175 e. The monoisotopic (exact) mass is 390 g/mol. The number of ketones is 2. The van der Waals surface area contributed by atoms with Crippen LogP contribution < -0.4 is 0 Å². The van der Waals surface area contributed by atoms with Gasteiger partial charge in [-0.25, -0.2) is 0 Å². The molecule has 0 bridgehead atoms. The summed E-state index contributed by atoms with van der Waals surface area (Å²) in [5, 5.41) is 11.4. The smallest absolute Gasteiger partial charge is 0.175 e. The number of carbonyl (C=O) groups excluding carboxylic acids is 2. The Bertz CT molecular complexity index is 697. The van der Waals surface area contributed by atoms with Crippen molar-refractivity contribution < 1.29 is 24.2 Å². The minimum atomic E-state index is -0.713. The molecule has 0 radical (unpaired) electrons. The molecule has 1 N–H and O–H groups in total. The molecule has 5 nitrogen and oxygen atoms in total. The van der Waals surface area contributed by atoms with Gasteiger partial charge in [0.15, 0.2) is 5.79 Å². The Labute approximate surface area is 167 Å². The van der Waals surface area contributed by atoms with E-state index in [1.807, 2.05) is 0 Å². The molecule has 0 aromatic heterocycles. The maximum atomic E-state index is 13.5. The van der Waals surface area contributed by atoms with Crippen molar-refractivity contribution in [2.45, 2.75) is 77.6 Å². The average Bonchev–Trinajstić information content (AvgIpc) is 3.20. The molecule has 5 aliphatic rings. The van der Waals surface area contributed by atoms with Crippen molar-refractivity contribution in [3.63, 3.8) is 0 Å². The lowest BCUT2D eigenvalue weighted by Crippen LogP contribution is -2.64. The summed E-state index contributed by atoms with van der Waals surface area (Å²) in [6.45, 7) is 7.18. The molecule has 0 aromatic rings. The summed E-state index contributed by atoms with van der Waals surface area (Å²) in [7, 11) is 0. The first-order chi connectivity index (χ1) is 13.2. The topological polar surface area (TPSA) is 72.8 Å². The molecule has 1 saturated heterocycles. The predicted octanol–water partition coefficient (Wildman–Crippen LogP) is 3.13. The molecule has 5 fully saturated rings. The summed E-state index contributed by atoms with van der Waals surface area (Å²) in [6.07, 6.45) is 5.24. The Kier molecular flexibility index (Phi) is 4.19. The lowest BCUT2D eigenvalue weighted by atomic mass is 9.43. The van der Waals surface area contributed by atoms with E-state index in [-0.39, 0.29) is 34.7 Å². The average molecular weight is 391 g/mol. The third-order valence-corrected chi connectivity index (χ3v) is 9.73. The molecule has 156 valence electrons. The number of rotatable bonds is 1. The standard InChI is InChI=1S/C23H34O5/c1-13(24)16-6-7-17-15-5-4-14-10-23(27-8-9-28-23)12-19(26)22(14,3)20(15)18(25)11-21(16,17)2/h14-18,20,25H,4-12H2,1-3H3/t14-,15?,16?,17?,18-,20?,21?,22?/m1/s1. The number of hydrogen-bond acceptors (Lipinski definition) is 5. The summed E-state index contributed by atoms with van der Waals surface area (Å²) >= 11 is 0. The highest BCUT2D eigenvalue weighted by Crippen LogP contribution is 2.67. The maximum absolute atomic E-state index is 13.5. The molecular formula is C23H34O5. The van der Waals surface area contributed by atoms with Gasteiger partial charge in [0.2, 0.25) is 0 Å². The molecule has 0 amide bonds. The molecule has 0 aromatic carbocycles. The van der Waals surface area contributed by atoms with Crippen molar-refractivity contribution in [3.8, 4) is 0 Å². The van der Waals surface area contributed by atoms with E-state index in [4.69, 9.17) is 9.47 Å². The molecule has 5 rings (SSSR count). The van der Waals surface area contributed by atoms with Crippen molar-refractivity contribution in [2.75, 3.05) is 13.2 Å². The van der Waals surface area contributed by atoms with E-state index in [1.54, 1.807) is 6.92 Å². The van der Waals surface area contributed by atoms with E-state index in [0.29, 0.717) is 37.9 Å². The highest BCUT2D eigenvalue weighted by Gasteiger charge is 2.67. The normalized spacial score (nSPS) is 52.2. The van der Waals surface area contributed by atoms with E-state index < -0.39 is 17.3 Å². The van der Waals surface area contributed by atoms with Crippen LogP contribution in [-0.4, -0.2) is 41.8 Å². The zero-order chi connectivity index (χ0) is 19.9. The van der Waals surface area contributed by atoms with Gasteiger partial charge in [-0.3, -0.25) is 9.59 Å². The lowest BCUT2D eigenvalue weighted by molar-refractivity contribution is -0.231. The van der Waals surface area contributed by atoms with E-state index in [1.165, 1.54) is 0 Å². The van der Waals surface area contributed by atoms with Crippen LogP contribution in [0.1, 0.15) is 65.7 Å². The van der Waals surface area contributed by atoms with E-state index in [0.717, 1.165) is 32.1 Å². The van der Waals surface area contributed by atoms with Gasteiger partial charge < -0.3 is 14.6 Å². The highest BCUT2D eigenvalue weighted by molar-refractivity contribution is 5.87. The van der Waals surface area contributed by atoms with Gasteiger partial charge in [0, 0.05) is 23.7 Å². The molecule has 4 saturated carbocycles. The molecule has 8 atom stereocenters. The Morgan fingerprint density at radius 3 is 2.46 bits per heavy atom. The summed E-state index contributed by atoms with van der Waals surface area (Å²) in [4.78, 5) is 25.8. The fraction of sp³-hybridized carbons (Fsp3) is 0.913. The van der Waals surface area contributed by atoms with E-state index >= 15 is 0 Å². The predicted molar refractivity (Wildman–Crippen MR) is 102 cm³/mol. The Morgan fingerprint density at radius 1 is 1.07 bits per heavy atom. The summed E-state index contributed by atoms with van der Waals surface area (Å²) < 4.78 is 11.8. The molecule has 1 aliphatic heterocycles. The molecule has 1 heterocycles. The minimum absolute atomic E-state index is 0.00119. The second-order valence-corrected chi connectivity index (χ2v) is 10.8. The fourth-order valence-electron chi connectivity index (χ4n) is 8.56. The van der Waals surface area contributed by atoms with Gasteiger partial charge >= 0.3 is 0 Å². The fourth-order valence-corrected chi connectivity index (χ4v) is 8.56. The zero-order valence-corrected chi connectivity index (χ0v) is 17.4.